The minimum atomic E-state index is 0.685. The second-order valence-electron chi connectivity index (χ2n) is 9.12. The van der Waals surface area contributed by atoms with Crippen molar-refractivity contribution >= 4 is 0 Å². The average Bonchev–Trinajstić information content (AvgIpc) is 2.59. The predicted molar refractivity (Wildman–Crippen MR) is 109 cm³/mol. The second-order valence-corrected chi connectivity index (χ2v) is 9.12. The van der Waals surface area contributed by atoms with Gasteiger partial charge >= 0.3 is 0 Å². The Morgan fingerprint density at radius 3 is 1.64 bits per heavy atom. The topological polar surface area (TPSA) is 13.0 Å². The molecule has 3 unspecified atom stereocenters. The molecule has 0 aromatic carbocycles. The molecule has 0 aliphatic carbocycles. The summed E-state index contributed by atoms with van der Waals surface area (Å²) in [6, 6.07) is 3.51. The van der Waals surface area contributed by atoms with Crippen LogP contribution in [0.3, 0.4) is 0 Å². The van der Waals surface area contributed by atoms with Gasteiger partial charge in [-0.1, -0.05) is 0 Å². The first-order chi connectivity index (χ1) is 11.8. The molecule has 4 heteroatoms. The summed E-state index contributed by atoms with van der Waals surface area (Å²) in [5.74, 6) is 0. The molecule has 2 rings (SSSR count). The Kier molecular flexibility index (Phi) is 8.19. The van der Waals surface area contributed by atoms with Crippen LogP contribution in [0, 0.1) is 0 Å². The average molecular weight is 353 g/mol. The Morgan fingerprint density at radius 2 is 1.12 bits per heavy atom. The smallest absolute Gasteiger partial charge is 0.0198 e. The first-order valence-electron chi connectivity index (χ1n) is 10.8. The maximum Gasteiger partial charge on any atom is 0.0198 e. The highest BCUT2D eigenvalue weighted by Crippen LogP contribution is 2.20. The number of piperazine rings is 2. The van der Waals surface area contributed by atoms with E-state index in [0.717, 1.165) is 6.04 Å². The molecular formula is C21H44N4. The van der Waals surface area contributed by atoms with Crippen molar-refractivity contribution in [2.75, 3.05) is 45.8 Å². The van der Waals surface area contributed by atoms with Crippen LogP contribution in [0.5, 0.6) is 0 Å². The molecule has 0 N–H and O–H groups in total. The molecular weight excluding hydrogens is 308 g/mol. The van der Waals surface area contributed by atoms with Crippen LogP contribution in [0.2, 0.25) is 0 Å². The summed E-state index contributed by atoms with van der Waals surface area (Å²) in [5, 5.41) is 0. The summed E-state index contributed by atoms with van der Waals surface area (Å²) >= 11 is 0. The van der Waals surface area contributed by atoms with Gasteiger partial charge in [0.15, 0.2) is 0 Å². The number of hydrogen-bond donors (Lipinski definition) is 0. The summed E-state index contributed by atoms with van der Waals surface area (Å²) in [7, 11) is 0. The maximum atomic E-state index is 2.75. The Morgan fingerprint density at radius 1 is 0.640 bits per heavy atom. The molecule has 0 saturated carbocycles. The van der Waals surface area contributed by atoms with E-state index in [0.29, 0.717) is 24.2 Å². The van der Waals surface area contributed by atoms with Gasteiger partial charge in [-0.05, 0) is 61.3 Å². The Hall–Kier alpha value is -0.160. The van der Waals surface area contributed by atoms with Crippen LogP contribution < -0.4 is 0 Å². The molecule has 2 aliphatic heterocycles. The lowest BCUT2D eigenvalue weighted by molar-refractivity contribution is 0.0317. The molecule has 2 fully saturated rings. The third-order valence-electron chi connectivity index (χ3n) is 6.71. The third kappa shape index (κ3) is 5.92. The van der Waals surface area contributed by atoms with Gasteiger partial charge in [0.1, 0.15) is 0 Å². The Labute approximate surface area is 157 Å². The summed E-state index contributed by atoms with van der Waals surface area (Å²) < 4.78 is 0. The fourth-order valence-electron chi connectivity index (χ4n) is 4.65. The molecule has 0 radical (unpaired) electrons. The van der Waals surface area contributed by atoms with E-state index in [1.807, 2.05) is 0 Å². The van der Waals surface area contributed by atoms with Crippen LogP contribution in [-0.4, -0.2) is 95.6 Å². The third-order valence-corrected chi connectivity index (χ3v) is 6.71. The van der Waals surface area contributed by atoms with Gasteiger partial charge in [-0.25, -0.2) is 0 Å². The van der Waals surface area contributed by atoms with Gasteiger partial charge in [0.25, 0.3) is 0 Å². The molecule has 3 atom stereocenters. The van der Waals surface area contributed by atoms with Crippen LogP contribution in [0.1, 0.15) is 61.3 Å². The molecule has 25 heavy (non-hydrogen) atoms. The lowest BCUT2D eigenvalue weighted by atomic mass is 10.0. The predicted octanol–water partition coefficient (Wildman–Crippen LogP) is 2.98. The zero-order valence-electron chi connectivity index (χ0n) is 18.0. The van der Waals surface area contributed by atoms with Crippen LogP contribution >= 0.6 is 0 Å². The number of hydrogen-bond acceptors (Lipinski definition) is 4. The molecule has 2 heterocycles. The van der Waals surface area contributed by atoms with Crippen LogP contribution in [-0.2, 0) is 0 Å². The van der Waals surface area contributed by atoms with Crippen molar-refractivity contribution in [3.8, 4) is 0 Å². The van der Waals surface area contributed by atoms with Gasteiger partial charge in [0.2, 0.25) is 0 Å². The Bertz CT molecular complexity index is 376. The van der Waals surface area contributed by atoms with Crippen molar-refractivity contribution in [3.63, 3.8) is 0 Å². The van der Waals surface area contributed by atoms with Gasteiger partial charge in [0, 0.05) is 76.0 Å². The second kappa shape index (κ2) is 9.68. The van der Waals surface area contributed by atoms with Crippen molar-refractivity contribution in [2.24, 2.45) is 0 Å². The largest absolute Gasteiger partial charge is 0.298 e. The minimum Gasteiger partial charge on any atom is -0.298 e. The minimum absolute atomic E-state index is 0.685. The van der Waals surface area contributed by atoms with Crippen molar-refractivity contribution < 1.29 is 0 Å². The molecule has 0 aromatic heterocycles. The van der Waals surface area contributed by atoms with E-state index in [1.54, 1.807) is 0 Å². The highest BCUT2D eigenvalue weighted by atomic mass is 15.3. The first kappa shape index (κ1) is 21.1. The van der Waals surface area contributed by atoms with E-state index >= 15 is 0 Å². The highest BCUT2D eigenvalue weighted by Gasteiger charge is 2.29. The van der Waals surface area contributed by atoms with Crippen LogP contribution in [0.15, 0.2) is 0 Å². The van der Waals surface area contributed by atoms with E-state index in [-0.39, 0.29) is 0 Å². The molecule has 0 spiro atoms. The van der Waals surface area contributed by atoms with E-state index in [1.165, 1.54) is 58.7 Å². The monoisotopic (exact) mass is 352 g/mol. The molecule has 2 saturated heterocycles. The fraction of sp³-hybridized carbons (Fsp3) is 1.00. The summed E-state index contributed by atoms with van der Waals surface area (Å²) in [6.45, 7) is 25.3. The van der Waals surface area contributed by atoms with Crippen molar-refractivity contribution in [1.29, 1.82) is 0 Å². The van der Waals surface area contributed by atoms with Crippen molar-refractivity contribution in [1.82, 2.24) is 19.6 Å². The fourth-order valence-corrected chi connectivity index (χ4v) is 4.65. The van der Waals surface area contributed by atoms with E-state index < -0.39 is 0 Å². The first-order valence-corrected chi connectivity index (χ1v) is 10.8. The SMILES string of the molecule is CC(C)N1CCN(C(C)CCC(C)N2CCN(C(C)C)CC2C)CC1. The molecule has 0 bridgehead atoms. The van der Waals surface area contributed by atoms with Crippen molar-refractivity contribution in [3.05, 3.63) is 0 Å². The van der Waals surface area contributed by atoms with E-state index in [2.05, 4.69) is 68.1 Å². The van der Waals surface area contributed by atoms with Crippen LogP contribution in [0.25, 0.3) is 0 Å². The van der Waals surface area contributed by atoms with Gasteiger partial charge in [-0.3, -0.25) is 19.6 Å². The standard InChI is InChI=1S/C21H44N4/c1-17(2)22-10-12-23(13-11-22)19(5)8-9-20(6)25-15-14-24(18(3)4)16-21(25)7/h17-21H,8-16H2,1-7H3. The van der Waals surface area contributed by atoms with Gasteiger partial charge in [0.05, 0.1) is 0 Å². The lowest BCUT2D eigenvalue weighted by Gasteiger charge is -2.45. The summed E-state index contributed by atoms with van der Waals surface area (Å²) in [6.07, 6.45) is 2.66. The summed E-state index contributed by atoms with van der Waals surface area (Å²) in [4.78, 5) is 10.7. The van der Waals surface area contributed by atoms with Gasteiger partial charge in [-0.2, -0.15) is 0 Å². The zero-order chi connectivity index (χ0) is 18.6. The molecule has 4 nitrogen and oxygen atoms in total. The maximum absolute atomic E-state index is 2.75. The van der Waals surface area contributed by atoms with E-state index in [4.69, 9.17) is 0 Å². The van der Waals surface area contributed by atoms with Crippen molar-refractivity contribution in [2.45, 2.75) is 91.5 Å². The van der Waals surface area contributed by atoms with Gasteiger partial charge in [-0.15, -0.1) is 0 Å². The number of rotatable bonds is 7. The highest BCUT2D eigenvalue weighted by molar-refractivity contribution is 4.85. The number of nitrogens with zero attached hydrogens (tertiary/aromatic N) is 4. The van der Waals surface area contributed by atoms with E-state index in [9.17, 15) is 0 Å². The van der Waals surface area contributed by atoms with Gasteiger partial charge < -0.3 is 0 Å². The normalized spacial score (nSPS) is 28.0. The quantitative estimate of drug-likeness (QED) is 0.698. The molecule has 0 aromatic rings. The molecule has 148 valence electrons. The molecule has 2 aliphatic rings. The molecule has 0 amide bonds. The Balaban J connectivity index is 1.72. The summed E-state index contributed by atoms with van der Waals surface area (Å²) in [5.41, 5.74) is 0. The lowest BCUT2D eigenvalue weighted by Crippen LogP contribution is -2.56. The van der Waals surface area contributed by atoms with Crippen LogP contribution in [0.4, 0.5) is 0 Å². The zero-order valence-corrected chi connectivity index (χ0v) is 18.0.